The third-order valence-electron chi connectivity index (χ3n) is 3.83. The van der Waals surface area contributed by atoms with Crippen molar-refractivity contribution >= 4 is 34.2 Å². The Morgan fingerprint density at radius 2 is 2.04 bits per heavy atom. The fraction of sp³-hybridized carbons (Fsp3) is 0.467. The summed E-state index contributed by atoms with van der Waals surface area (Å²) in [6.45, 7) is 2.35. The van der Waals surface area contributed by atoms with Gasteiger partial charge in [-0.05, 0) is 32.2 Å². The lowest BCUT2D eigenvalue weighted by Crippen LogP contribution is -2.37. The lowest BCUT2D eigenvalue weighted by Gasteiger charge is -2.14. The van der Waals surface area contributed by atoms with E-state index in [0.29, 0.717) is 6.54 Å². The van der Waals surface area contributed by atoms with Gasteiger partial charge >= 0.3 is 0 Å². The molecule has 10 heteroatoms. The molecule has 25 heavy (non-hydrogen) atoms. The number of sulfonamides is 1. The molecule has 8 nitrogen and oxygen atoms in total. The van der Waals surface area contributed by atoms with E-state index in [2.05, 4.69) is 10.6 Å². The van der Waals surface area contributed by atoms with Gasteiger partial charge in [0.25, 0.3) is 21.8 Å². The zero-order valence-electron chi connectivity index (χ0n) is 14.2. The molecule has 1 unspecified atom stereocenters. The van der Waals surface area contributed by atoms with Crippen molar-refractivity contribution in [3.63, 3.8) is 0 Å². The van der Waals surface area contributed by atoms with E-state index in [1.807, 2.05) is 6.92 Å². The van der Waals surface area contributed by atoms with Crippen LogP contribution in [0.3, 0.4) is 0 Å². The number of amides is 2. The molecule has 0 saturated heterocycles. The van der Waals surface area contributed by atoms with Crippen molar-refractivity contribution in [1.29, 1.82) is 0 Å². The standard InChI is InChI=1S/C15H21N3O5S.ClH/c1-10(16-2)9-17-14(19)11-4-5-12-13(8-11)24(21,22)18(15(12)20)6-7-23-3;/h4-5,8,10,16H,6-7,9H2,1-3H3,(H,17,19);1H. The number of nitrogens with zero attached hydrogens (tertiary/aromatic N) is 1. The van der Waals surface area contributed by atoms with Crippen LogP contribution in [-0.2, 0) is 14.8 Å². The van der Waals surface area contributed by atoms with Crippen molar-refractivity contribution in [1.82, 2.24) is 14.9 Å². The van der Waals surface area contributed by atoms with E-state index in [1.165, 1.54) is 25.3 Å². The highest BCUT2D eigenvalue weighted by Gasteiger charge is 2.41. The first kappa shape index (κ1) is 21.4. The molecule has 0 aromatic heterocycles. The molecule has 0 fully saturated rings. The second-order valence-electron chi connectivity index (χ2n) is 5.49. The maximum atomic E-state index is 12.5. The van der Waals surface area contributed by atoms with Gasteiger partial charge in [-0.15, -0.1) is 12.4 Å². The summed E-state index contributed by atoms with van der Waals surface area (Å²) in [5.41, 5.74) is 0.272. The summed E-state index contributed by atoms with van der Waals surface area (Å²) in [5.74, 6) is -0.990. The molecule has 2 amide bonds. The third-order valence-corrected chi connectivity index (χ3v) is 5.65. The summed E-state index contributed by atoms with van der Waals surface area (Å²) in [6.07, 6.45) is 0. The van der Waals surface area contributed by atoms with Gasteiger partial charge in [-0.2, -0.15) is 0 Å². The quantitative estimate of drug-likeness (QED) is 0.689. The molecule has 0 saturated carbocycles. The van der Waals surface area contributed by atoms with Gasteiger partial charge < -0.3 is 15.4 Å². The molecule has 0 radical (unpaired) electrons. The summed E-state index contributed by atoms with van der Waals surface area (Å²) in [7, 11) is -0.746. The summed E-state index contributed by atoms with van der Waals surface area (Å²) in [5, 5.41) is 5.69. The number of methoxy groups -OCH3 is 1. The second kappa shape index (κ2) is 8.61. The number of ether oxygens (including phenoxy) is 1. The van der Waals surface area contributed by atoms with Gasteiger partial charge in [0.15, 0.2) is 0 Å². The summed E-state index contributed by atoms with van der Waals surface area (Å²) in [4.78, 5) is 24.3. The summed E-state index contributed by atoms with van der Waals surface area (Å²) in [6, 6.07) is 4.15. The van der Waals surface area contributed by atoms with Gasteiger partial charge in [0.2, 0.25) is 0 Å². The van der Waals surface area contributed by atoms with Gasteiger partial charge in [-0.1, -0.05) is 0 Å². The predicted octanol–water partition coefficient (Wildman–Crippen LogP) is 0.237. The fourth-order valence-corrected chi connectivity index (χ4v) is 3.84. The zero-order chi connectivity index (χ0) is 17.9. The van der Waals surface area contributed by atoms with Crippen LogP contribution in [0.5, 0.6) is 0 Å². The molecular formula is C15H22ClN3O5S. The second-order valence-corrected chi connectivity index (χ2v) is 7.32. The molecular weight excluding hydrogens is 370 g/mol. The molecule has 0 bridgehead atoms. The average molecular weight is 392 g/mol. The van der Waals surface area contributed by atoms with Crippen molar-refractivity contribution in [3.8, 4) is 0 Å². The van der Waals surface area contributed by atoms with Crippen molar-refractivity contribution in [2.24, 2.45) is 0 Å². The van der Waals surface area contributed by atoms with E-state index in [4.69, 9.17) is 4.74 Å². The van der Waals surface area contributed by atoms with Crippen molar-refractivity contribution in [2.75, 3.05) is 33.9 Å². The van der Waals surface area contributed by atoms with Gasteiger partial charge in [0.05, 0.1) is 18.7 Å². The maximum absolute atomic E-state index is 12.5. The largest absolute Gasteiger partial charge is 0.383 e. The Morgan fingerprint density at radius 1 is 1.36 bits per heavy atom. The molecule has 0 spiro atoms. The minimum absolute atomic E-state index is 0. The normalized spacial score (nSPS) is 16.1. The lowest BCUT2D eigenvalue weighted by molar-refractivity contribution is 0.0835. The predicted molar refractivity (Wildman–Crippen MR) is 94.6 cm³/mol. The van der Waals surface area contributed by atoms with Crippen LogP contribution in [0.4, 0.5) is 0 Å². The van der Waals surface area contributed by atoms with Crippen molar-refractivity contribution < 1.29 is 22.7 Å². The molecule has 1 aliphatic heterocycles. The highest BCUT2D eigenvalue weighted by molar-refractivity contribution is 7.90. The molecule has 2 rings (SSSR count). The first-order chi connectivity index (χ1) is 11.3. The molecule has 0 aliphatic carbocycles. The molecule has 1 aromatic carbocycles. The number of hydrogen-bond acceptors (Lipinski definition) is 6. The van der Waals surface area contributed by atoms with Crippen LogP contribution in [0.1, 0.15) is 27.6 Å². The van der Waals surface area contributed by atoms with Gasteiger partial charge in [0, 0.05) is 25.3 Å². The number of nitrogens with one attached hydrogen (secondary N) is 2. The van der Waals surface area contributed by atoms with E-state index in [9.17, 15) is 18.0 Å². The molecule has 1 atom stereocenters. The van der Waals surface area contributed by atoms with E-state index in [0.717, 1.165) is 4.31 Å². The Labute approximate surface area is 153 Å². The topological polar surface area (TPSA) is 105 Å². The molecule has 1 aromatic rings. The monoisotopic (exact) mass is 391 g/mol. The fourth-order valence-electron chi connectivity index (χ4n) is 2.26. The summed E-state index contributed by atoms with van der Waals surface area (Å²) >= 11 is 0. The van der Waals surface area contributed by atoms with Gasteiger partial charge in [-0.3, -0.25) is 9.59 Å². The molecule has 1 aliphatic rings. The number of likely N-dealkylation sites (N-methyl/N-ethyl adjacent to an activating group) is 1. The Hall–Kier alpha value is -1.68. The number of hydrogen-bond donors (Lipinski definition) is 2. The van der Waals surface area contributed by atoms with E-state index in [-0.39, 0.29) is 47.6 Å². The third kappa shape index (κ3) is 4.30. The number of rotatable bonds is 7. The average Bonchev–Trinajstić information content (AvgIpc) is 2.76. The molecule has 2 N–H and O–H groups in total. The number of fused-ring (bicyclic) bond motifs is 1. The minimum Gasteiger partial charge on any atom is -0.383 e. The van der Waals surface area contributed by atoms with Crippen LogP contribution >= 0.6 is 12.4 Å². The SMILES string of the molecule is CNC(C)CNC(=O)c1ccc2c(c1)S(=O)(=O)N(CCOC)C2=O.Cl. The Kier molecular flexibility index (Phi) is 7.36. The Balaban J connectivity index is 0.00000312. The van der Waals surface area contributed by atoms with Gasteiger partial charge in [-0.25, -0.2) is 12.7 Å². The highest BCUT2D eigenvalue weighted by atomic mass is 35.5. The minimum atomic E-state index is -3.95. The number of carbonyl (C=O) groups excluding carboxylic acids is 2. The number of benzene rings is 1. The Morgan fingerprint density at radius 3 is 2.64 bits per heavy atom. The van der Waals surface area contributed by atoms with Crippen LogP contribution in [0.25, 0.3) is 0 Å². The van der Waals surface area contributed by atoms with Crippen molar-refractivity contribution in [2.45, 2.75) is 17.9 Å². The summed E-state index contributed by atoms with van der Waals surface area (Å²) < 4.78 is 30.6. The van der Waals surface area contributed by atoms with E-state index in [1.54, 1.807) is 7.05 Å². The van der Waals surface area contributed by atoms with Crippen LogP contribution in [-0.4, -0.2) is 64.4 Å². The maximum Gasteiger partial charge on any atom is 0.269 e. The molecule has 140 valence electrons. The first-order valence-electron chi connectivity index (χ1n) is 7.48. The van der Waals surface area contributed by atoms with Crippen LogP contribution < -0.4 is 10.6 Å². The Bertz CT molecular complexity index is 754. The van der Waals surface area contributed by atoms with Crippen LogP contribution in [0.2, 0.25) is 0 Å². The zero-order valence-corrected chi connectivity index (χ0v) is 15.9. The van der Waals surface area contributed by atoms with Crippen molar-refractivity contribution in [3.05, 3.63) is 29.3 Å². The smallest absolute Gasteiger partial charge is 0.269 e. The number of carbonyl (C=O) groups is 2. The first-order valence-corrected chi connectivity index (χ1v) is 8.92. The van der Waals surface area contributed by atoms with Crippen LogP contribution in [0, 0.1) is 0 Å². The van der Waals surface area contributed by atoms with E-state index >= 15 is 0 Å². The van der Waals surface area contributed by atoms with E-state index < -0.39 is 21.8 Å². The highest BCUT2D eigenvalue weighted by Crippen LogP contribution is 2.30. The molecule has 1 heterocycles. The number of halogens is 1. The van der Waals surface area contributed by atoms with Crippen LogP contribution in [0.15, 0.2) is 23.1 Å². The van der Waals surface area contributed by atoms with Gasteiger partial charge in [0.1, 0.15) is 4.90 Å². The lowest BCUT2D eigenvalue weighted by atomic mass is 10.1.